The van der Waals surface area contributed by atoms with Gasteiger partial charge in [-0.25, -0.2) is 4.79 Å². The van der Waals surface area contributed by atoms with E-state index < -0.39 is 11.9 Å². The van der Waals surface area contributed by atoms with Crippen LogP contribution in [-0.4, -0.2) is 60.1 Å². The number of benzene rings is 1. The van der Waals surface area contributed by atoms with Crippen LogP contribution in [0.25, 0.3) is 6.08 Å². The molecular formula is C17H23NO7. The van der Waals surface area contributed by atoms with Gasteiger partial charge >= 0.3 is 5.97 Å². The molecule has 138 valence electrons. The highest BCUT2D eigenvalue weighted by molar-refractivity contribution is 5.89. The van der Waals surface area contributed by atoms with E-state index in [0.717, 1.165) is 0 Å². The second-order valence-electron chi connectivity index (χ2n) is 4.74. The molecule has 0 aliphatic carbocycles. The van der Waals surface area contributed by atoms with Gasteiger partial charge < -0.3 is 29.0 Å². The molecule has 1 rings (SSSR count). The minimum Gasteiger partial charge on any atom is -0.493 e. The normalized spacial score (nSPS) is 10.4. The summed E-state index contributed by atoms with van der Waals surface area (Å²) in [4.78, 5) is 23.1. The van der Waals surface area contributed by atoms with Crippen LogP contribution in [0.2, 0.25) is 0 Å². The van der Waals surface area contributed by atoms with E-state index in [2.05, 4.69) is 5.32 Å². The van der Waals surface area contributed by atoms with Gasteiger partial charge in [0.25, 0.3) is 5.91 Å². The maximum absolute atomic E-state index is 11.7. The van der Waals surface area contributed by atoms with Crippen molar-refractivity contribution in [1.82, 2.24) is 5.32 Å². The van der Waals surface area contributed by atoms with Crippen molar-refractivity contribution >= 4 is 18.0 Å². The molecular weight excluding hydrogens is 330 g/mol. The van der Waals surface area contributed by atoms with Gasteiger partial charge in [-0.2, -0.15) is 0 Å². The molecule has 0 aromatic heterocycles. The fraction of sp³-hybridized carbons (Fsp3) is 0.412. The molecule has 0 atom stereocenters. The van der Waals surface area contributed by atoms with Crippen LogP contribution in [0.5, 0.6) is 17.2 Å². The van der Waals surface area contributed by atoms with E-state index in [0.29, 0.717) is 36.0 Å². The van der Waals surface area contributed by atoms with Crippen LogP contribution in [0.4, 0.5) is 0 Å². The first-order valence-corrected chi connectivity index (χ1v) is 7.46. The van der Waals surface area contributed by atoms with Crippen LogP contribution in [0, 0.1) is 0 Å². The van der Waals surface area contributed by atoms with Gasteiger partial charge in [-0.15, -0.1) is 0 Å². The van der Waals surface area contributed by atoms with Crippen LogP contribution in [0.1, 0.15) is 5.56 Å². The molecule has 0 heterocycles. The topological polar surface area (TPSA) is 92.3 Å². The molecule has 0 unspecified atom stereocenters. The quantitative estimate of drug-likeness (QED) is 0.381. The average Bonchev–Trinajstić information content (AvgIpc) is 2.63. The number of ether oxygens (including phenoxy) is 5. The molecule has 0 fully saturated rings. The zero-order valence-corrected chi connectivity index (χ0v) is 14.8. The van der Waals surface area contributed by atoms with Crippen molar-refractivity contribution in [2.75, 3.05) is 48.2 Å². The second kappa shape index (κ2) is 10.9. The van der Waals surface area contributed by atoms with Crippen LogP contribution >= 0.6 is 0 Å². The molecule has 1 amide bonds. The van der Waals surface area contributed by atoms with Gasteiger partial charge in [0.15, 0.2) is 18.1 Å². The van der Waals surface area contributed by atoms with Crippen molar-refractivity contribution in [3.63, 3.8) is 0 Å². The van der Waals surface area contributed by atoms with E-state index in [4.69, 9.17) is 23.7 Å². The molecule has 0 bridgehead atoms. The maximum atomic E-state index is 11.7. The van der Waals surface area contributed by atoms with E-state index in [1.165, 1.54) is 40.6 Å². The summed E-state index contributed by atoms with van der Waals surface area (Å²) in [5, 5.41) is 2.54. The Bertz CT molecular complexity index is 588. The highest BCUT2D eigenvalue weighted by atomic mass is 16.5. The Kier molecular flexibility index (Phi) is 8.87. The molecule has 0 aliphatic heterocycles. The first kappa shape index (κ1) is 20.3. The standard InChI is InChI=1S/C17H23NO7/c1-21-8-7-18-15(19)11-25-16(20)6-5-12-9-13(22-2)17(24-4)14(10-12)23-3/h5-6,9-10H,7-8,11H2,1-4H3,(H,18,19)/b6-5+. The molecule has 8 heteroatoms. The molecule has 1 N–H and O–H groups in total. The van der Waals surface area contributed by atoms with Crippen LogP contribution in [0.15, 0.2) is 18.2 Å². The molecule has 0 saturated carbocycles. The zero-order chi connectivity index (χ0) is 18.7. The van der Waals surface area contributed by atoms with Crippen molar-refractivity contribution in [2.24, 2.45) is 0 Å². The van der Waals surface area contributed by atoms with Gasteiger partial charge in [0.05, 0.1) is 27.9 Å². The number of esters is 1. The van der Waals surface area contributed by atoms with Crippen molar-refractivity contribution < 1.29 is 33.3 Å². The number of carbonyl (C=O) groups excluding carboxylic acids is 2. The maximum Gasteiger partial charge on any atom is 0.331 e. The molecule has 0 radical (unpaired) electrons. The van der Waals surface area contributed by atoms with Gasteiger partial charge in [0, 0.05) is 19.7 Å². The van der Waals surface area contributed by atoms with E-state index in [1.54, 1.807) is 12.1 Å². The highest BCUT2D eigenvalue weighted by Crippen LogP contribution is 2.38. The van der Waals surface area contributed by atoms with Crippen LogP contribution < -0.4 is 19.5 Å². The zero-order valence-electron chi connectivity index (χ0n) is 14.8. The lowest BCUT2D eigenvalue weighted by Crippen LogP contribution is -2.31. The van der Waals surface area contributed by atoms with Gasteiger partial charge in [0.2, 0.25) is 5.75 Å². The number of methoxy groups -OCH3 is 4. The Morgan fingerprint density at radius 3 is 2.20 bits per heavy atom. The number of carbonyl (C=O) groups is 2. The second-order valence-corrected chi connectivity index (χ2v) is 4.74. The lowest BCUT2D eigenvalue weighted by Gasteiger charge is -2.12. The number of hydrogen-bond acceptors (Lipinski definition) is 7. The highest BCUT2D eigenvalue weighted by Gasteiger charge is 2.12. The summed E-state index contributed by atoms with van der Waals surface area (Å²) >= 11 is 0. The van der Waals surface area contributed by atoms with Crippen molar-refractivity contribution in [2.45, 2.75) is 0 Å². The summed E-state index contributed by atoms with van der Waals surface area (Å²) in [6, 6.07) is 3.37. The van der Waals surface area contributed by atoms with Gasteiger partial charge in [-0.3, -0.25) is 4.79 Å². The predicted octanol–water partition coefficient (Wildman–Crippen LogP) is 1.03. The molecule has 1 aromatic rings. The minimum atomic E-state index is -0.643. The molecule has 0 spiro atoms. The summed E-state index contributed by atoms with van der Waals surface area (Å²) in [6.07, 6.45) is 2.73. The SMILES string of the molecule is COCCNC(=O)COC(=O)/C=C/c1cc(OC)c(OC)c(OC)c1. The molecule has 0 aliphatic rings. The van der Waals surface area contributed by atoms with E-state index in [9.17, 15) is 9.59 Å². The van der Waals surface area contributed by atoms with Crippen molar-refractivity contribution in [3.8, 4) is 17.2 Å². The minimum absolute atomic E-state index is 0.355. The number of nitrogens with one attached hydrogen (secondary N) is 1. The van der Waals surface area contributed by atoms with E-state index in [-0.39, 0.29) is 6.61 Å². The number of rotatable bonds is 10. The van der Waals surface area contributed by atoms with Gasteiger partial charge in [-0.05, 0) is 23.8 Å². The Labute approximate surface area is 146 Å². The summed E-state index contributed by atoms with van der Waals surface area (Å²) < 4.78 is 25.3. The summed E-state index contributed by atoms with van der Waals surface area (Å²) in [6.45, 7) is 0.386. The predicted molar refractivity (Wildman–Crippen MR) is 91.0 cm³/mol. The van der Waals surface area contributed by atoms with Crippen LogP contribution in [0.3, 0.4) is 0 Å². The summed E-state index contributed by atoms with van der Waals surface area (Å²) in [7, 11) is 6.04. The third-order valence-corrected chi connectivity index (χ3v) is 3.07. The molecule has 1 aromatic carbocycles. The lowest BCUT2D eigenvalue weighted by molar-refractivity contribution is -0.143. The van der Waals surface area contributed by atoms with Gasteiger partial charge in [0.1, 0.15) is 0 Å². The fourth-order valence-electron chi connectivity index (χ4n) is 1.89. The third kappa shape index (κ3) is 6.72. The third-order valence-electron chi connectivity index (χ3n) is 3.07. The Morgan fingerprint density at radius 1 is 1.04 bits per heavy atom. The first-order valence-electron chi connectivity index (χ1n) is 7.46. The smallest absolute Gasteiger partial charge is 0.331 e. The van der Waals surface area contributed by atoms with E-state index in [1.807, 2.05) is 0 Å². The van der Waals surface area contributed by atoms with Crippen molar-refractivity contribution in [1.29, 1.82) is 0 Å². The molecule has 0 saturated heterocycles. The summed E-state index contributed by atoms with van der Waals surface area (Å²) in [5.74, 6) is 0.347. The fourth-order valence-corrected chi connectivity index (χ4v) is 1.89. The van der Waals surface area contributed by atoms with E-state index >= 15 is 0 Å². The lowest BCUT2D eigenvalue weighted by atomic mass is 10.1. The van der Waals surface area contributed by atoms with Gasteiger partial charge in [-0.1, -0.05) is 0 Å². The monoisotopic (exact) mass is 353 g/mol. The summed E-state index contributed by atoms with van der Waals surface area (Å²) in [5.41, 5.74) is 0.649. The molecule has 25 heavy (non-hydrogen) atoms. The average molecular weight is 353 g/mol. The van der Waals surface area contributed by atoms with Crippen molar-refractivity contribution in [3.05, 3.63) is 23.8 Å². The number of hydrogen-bond donors (Lipinski definition) is 1. The Morgan fingerprint density at radius 2 is 1.68 bits per heavy atom. The largest absolute Gasteiger partial charge is 0.493 e. The molecule has 8 nitrogen and oxygen atoms in total. The number of amides is 1. The Hall–Kier alpha value is -2.74. The van der Waals surface area contributed by atoms with Crippen LogP contribution in [-0.2, 0) is 19.1 Å². The Balaban J connectivity index is 2.65. The first-order chi connectivity index (χ1) is 12.0.